The van der Waals surface area contributed by atoms with Crippen molar-refractivity contribution in [2.45, 2.75) is 53.0 Å². The zero-order chi connectivity index (χ0) is 16.8. The van der Waals surface area contributed by atoms with Crippen LogP contribution in [0.15, 0.2) is 18.2 Å². The number of hydrogen-bond acceptors (Lipinski definition) is 4. The molecule has 0 bridgehead atoms. The fourth-order valence-corrected chi connectivity index (χ4v) is 2.28. The lowest BCUT2D eigenvalue weighted by molar-refractivity contribution is 0.162. The van der Waals surface area contributed by atoms with Gasteiger partial charge in [0.05, 0.1) is 5.69 Å². The standard InChI is InChI=1S/C13H20N2.C4H10O.CH4O/c1-11(2)13-7-5-6-12(14-13)10-15-8-3-4-9-15;1-3-5-4-2;1-2/h5-7,11H,3-4,8-10H2,1-2H3;3-4H2,1-2H3;2H,1H3. The lowest BCUT2D eigenvalue weighted by atomic mass is 10.1. The molecule has 0 spiro atoms. The van der Waals surface area contributed by atoms with E-state index in [1.54, 1.807) is 0 Å². The summed E-state index contributed by atoms with van der Waals surface area (Å²) in [5, 5.41) is 7.00. The van der Waals surface area contributed by atoms with Crippen LogP contribution in [0.5, 0.6) is 0 Å². The van der Waals surface area contributed by atoms with Crippen molar-refractivity contribution in [1.82, 2.24) is 9.88 Å². The number of pyridine rings is 1. The number of aromatic nitrogens is 1. The van der Waals surface area contributed by atoms with Gasteiger partial charge in [0.1, 0.15) is 0 Å². The molecule has 22 heavy (non-hydrogen) atoms. The Labute approximate surface area is 136 Å². The Kier molecular flexibility index (Phi) is 13.1. The highest BCUT2D eigenvalue weighted by Gasteiger charge is 2.12. The maximum Gasteiger partial charge on any atom is 0.0547 e. The molecular weight excluding hydrogens is 276 g/mol. The summed E-state index contributed by atoms with van der Waals surface area (Å²) in [7, 11) is 1.00. The van der Waals surface area contributed by atoms with Gasteiger partial charge in [-0.25, -0.2) is 0 Å². The first-order valence-electron chi connectivity index (χ1n) is 8.38. The fraction of sp³-hybridized carbons (Fsp3) is 0.722. The topological polar surface area (TPSA) is 45.6 Å². The second-order valence-corrected chi connectivity index (χ2v) is 5.47. The van der Waals surface area contributed by atoms with Gasteiger partial charge in [-0.3, -0.25) is 9.88 Å². The molecule has 4 heteroatoms. The monoisotopic (exact) mass is 310 g/mol. The molecule has 0 atom stereocenters. The molecule has 2 rings (SSSR count). The summed E-state index contributed by atoms with van der Waals surface area (Å²) >= 11 is 0. The first kappa shape index (κ1) is 21.0. The minimum absolute atomic E-state index is 0.531. The third-order valence-electron chi connectivity index (χ3n) is 3.41. The number of aliphatic hydroxyl groups is 1. The second-order valence-electron chi connectivity index (χ2n) is 5.47. The molecule has 128 valence electrons. The molecule has 1 aliphatic heterocycles. The molecule has 1 aromatic heterocycles. The molecule has 0 radical (unpaired) electrons. The van der Waals surface area contributed by atoms with Gasteiger partial charge >= 0.3 is 0 Å². The summed E-state index contributed by atoms with van der Waals surface area (Å²) in [6.45, 7) is 13.6. The van der Waals surface area contributed by atoms with Crippen molar-refractivity contribution in [2.75, 3.05) is 33.4 Å². The first-order valence-corrected chi connectivity index (χ1v) is 8.38. The normalized spacial score (nSPS) is 14.1. The van der Waals surface area contributed by atoms with E-state index in [4.69, 9.17) is 14.8 Å². The largest absolute Gasteiger partial charge is 0.400 e. The smallest absolute Gasteiger partial charge is 0.0547 e. The number of hydrogen-bond donors (Lipinski definition) is 1. The van der Waals surface area contributed by atoms with Crippen molar-refractivity contribution >= 4 is 0 Å². The van der Waals surface area contributed by atoms with E-state index in [2.05, 4.69) is 36.9 Å². The van der Waals surface area contributed by atoms with Crippen molar-refractivity contribution in [3.8, 4) is 0 Å². The predicted octanol–water partition coefficient (Wildman–Crippen LogP) is 3.45. The predicted molar refractivity (Wildman–Crippen MR) is 93.1 cm³/mol. The Morgan fingerprint density at radius 1 is 1.14 bits per heavy atom. The van der Waals surface area contributed by atoms with Crippen LogP contribution in [0.4, 0.5) is 0 Å². The molecule has 0 amide bonds. The van der Waals surface area contributed by atoms with Crippen LogP contribution in [-0.4, -0.2) is 48.4 Å². The van der Waals surface area contributed by atoms with Crippen LogP contribution in [0.2, 0.25) is 0 Å². The Balaban J connectivity index is 0.000000540. The molecule has 0 saturated carbocycles. The van der Waals surface area contributed by atoms with E-state index in [0.717, 1.165) is 26.9 Å². The molecule has 1 saturated heterocycles. The molecule has 1 fully saturated rings. The Morgan fingerprint density at radius 2 is 1.73 bits per heavy atom. The van der Waals surface area contributed by atoms with Gasteiger partial charge in [0.2, 0.25) is 0 Å². The van der Waals surface area contributed by atoms with E-state index < -0.39 is 0 Å². The molecule has 2 heterocycles. The highest BCUT2D eigenvalue weighted by Crippen LogP contribution is 2.14. The molecule has 1 aliphatic rings. The van der Waals surface area contributed by atoms with Gasteiger partial charge in [0, 0.05) is 32.6 Å². The second kappa shape index (κ2) is 13.7. The number of aliphatic hydroxyl groups excluding tert-OH is 1. The maximum absolute atomic E-state index is 7.00. The fourth-order valence-electron chi connectivity index (χ4n) is 2.28. The minimum atomic E-state index is 0.531. The molecule has 0 aromatic carbocycles. The lowest BCUT2D eigenvalue weighted by Crippen LogP contribution is -2.19. The van der Waals surface area contributed by atoms with Gasteiger partial charge in [0.15, 0.2) is 0 Å². The van der Waals surface area contributed by atoms with E-state index in [-0.39, 0.29) is 0 Å². The highest BCUT2D eigenvalue weighted by molar-refractivity contribution is 5.13. The van der Waals surface area contributed by atoms with Crippen LogP contribution in [0.1, 0.15) is 57.8 Å². The van der Waals surface area contributed by atoms with Crippen LogP contribution in [0.3, 0.4) is 0 Å². The van der Waals surface area contributed by atoms with Gasteiger partial charge < -0.3 is 9.84 Å². The summed E-state index contributed by atoms with van der Waals surface area (Å²) in [5.41, 5.74) is 2.44. The molecule has 4 nitrogen and oxygen atoms in total. The quantitative estimate of drug-likeness (QED) is 0.905. The molecule has 1 N–H and O–H groups in total. The zero-order valence-corrected chi connectivity index (χ0v) is 15.0. The van der Waals surface area contributed by atoms with Gasteiger partial charge in [-0.2, -0.15) is 0 Å². The maximum atomic E-state index is 7.00. The van der Waals surface area contributed by atoms with Crippen LogP contribution in [-0.2, 0) is 11.3 Å². The van der Waals surface area contributed by atoms with Gasteiger partial charge in [-0.1, -0.05) is 19.9 Å². The average molecular weight is 310 g/mol. The van der Waals surface area contributed by atoms with Crippen molar-refractivity contribution in [1.29, 1.82) is 0 Å². The van der Waals surface area contributed by atoms with Gasteiger partial charge in [-0.05, 0) is 57.8 Å². The van der Waals surface area contributed by atoms with Crippen LogP contribution in [0, 0.1) is 0 Å². The van der Waals surface area contributed by atoms with E-state index >= 15 is 0 Å². The van der Waals surface area contributed by atoms with Crippen molar-refractivity contribution in [3.05, 3.63) is 29.6 Å². The summed E-state index contributed by atoms with van der Waals surface area (Å²) in [4.78, 5) is 7.19. The number of rotatable bonds is 5. The lowest BCUT2D eigenvalue weighted by Gasteiger charge is -2.14. The van der Waals surface area contributed by atoms with Crippen LogP contribution < -0.4 is 0 Å². The van der Waals surface area contributed by atoms with Crippen LogP contribution >= 0.6 is 0 Å². The molecule has 0 aliphatic carbocycles. The van der Waals surface area contributed by atoms with E-state index in [1.165, 1.54) is 37.3 Å². The average Bonchev–Trinajstić information content (AvgIpc) is 3.04. The van der Waals surface area contributed by atoms with E-state index in [1.807, 2.05) is 13.8 Å². The van der Waals surface area contributed by atoms with Crippen molar-refractivity contribution in [3.63, 3.8) is 0 Å². The van der Waals surface area contributed by atoms with E-state index in [0.29, 0.717) is 5.92 Å². The highest BCUT2D eigenvalue weighted by atomic mass is 16.5. The molecular formula is C18H34N2O2. The van der Waals surface area contributed by atoms with Gasteiger partial charge in [-0.15, -0.1) is 0 Å². The summed E-state index contributed by atoms with van der Waals surface area (Å²) in [6, 6.07) is 6.40. The Morgan fingerprint density at radius 3 is 2.18 bits per heavy atom. The zero-order valence-electron chi connectivity index (χ0n) is 15.0. The summed E-state index contributed by atoms with van der Waals surface area (Å²) in [6.07, 6.45) is 2.70. The first-order chi connectivity index (χ1) is 10.7. The SMILES string of the molecule is CC(C)c1cccc(CN2CCCC2)n1.CCOCC.CO. The van der Waals surface area contributed by atoms with Gasteiger partial charge in [0.25, 0.3) is 0 Å². The van der Waals surface area contributed by atoms with Crippen LogP contribution in [0.25, 0.3) is 0 Å². The van der Waals surface area contributed by atoms with E-state index in [9.17, 15) is 0 Å². The Hall–Kier alpha value is -0.970. The third-order valence-corrected chi connectivity index (χ3v) is 3.41. The number of nitrogens with zero attached hydrogens (tertiary/aromatic N) is 2. The minimum Gasteiger partial charge on any atom is -0.400 e. The molecule has 0 unspecified atom stereocenters. The van der Waals surface area contributed by atoms with Crippen molar-refractivity contribution < 1.29 is 9.84 Å². The molecule has 1 aromatic rings. The summed E-state index contributed by atoms with van der Waals surface area (Å²) < 4.78 is 4.83. The number of likely N-dealkylation sites (tertiary alicyclic amines) is 1. The third kappa shape index (κ3) is 9.13. The van der Waals surface area contributed by atoms with Crippen molar-refractivity contribution in [2.24, 2.45) is 0 Å². The summed E-state index contributed by atoms with van der Waals surface area (Å²) in [5.74, 6) is 0.531. The Bertz CT molecular complexity index is 362. The number of ether oxygens (including phenoxy) is 1.